The first-order chi connectivity index (χ1) is 12.1. The van der Waals surface area contributed by atoms with Crippen molar-refractivity contribution in [3.63, 3.8) is 0 Å². The van der Waals surface area contributed by atoms with E-state index in [1.807, 2.05) is 19.9 Å². The first-order valence-corrected chi connectivity index (χ1v) is 9.61. The second kappa shape index (κ2) is 10.2. The zero-order valence-electron chi connectivity index (χ0n) is 14.8. The third kappa shape index (κ3) is 6.53. The molecule has 0 aromatic heterocycles. The maximum Gasteiger partial charge on any atom is 0.408 e. The summed E-state index contributed by atoms with van der Waals surface area (Å²) < 4.78 is 3.67. The number of hydrogen-bond donors (Lipinski definition) is 2. The lowest BCUT2D eigenvalue weighted by molar-refractivity contribution is -0.139. The third-order valence-electron chi connectivity index (χ3n) is 3.99. The van der Waals surface area contributed by atoms with Gasteiger partial charge in [-0.2, -0.15) is 0 Å². The van der Waals surface area contributed by atoms with Crippen LogP contribution in [0, 0.1) is 0 Å². The van der Waals surface area contributed by atoms with Gasteiger partial charge in [0.2, 0.25) is 3.79 Å². The van der Waals surface area contributed by atoms with Gasteiger partial charge in [-0.05, 0) is 18.4 Å². The maximum atomic E-state index is 12.4. The topological polar surface area (TPSA) is 75.6 Å². The van der Waals surface area contributed by atoms with Crippen molar-refractivity contribution in [3.8, 4) is 0 Å². The zero-order chi connectivity index (χ0) is 19.8. The lowest BCUT2D eigenvalue weighted by atomic mass is 9.94. The van der Waals surface area contributed by atoms with E-state index in [0.29, 0.717) is 25.7 Å². The number of halogens is 3. The number of rotatable bonds is 9. The molecular weight excluding hydrogens is 401 g/mol. The summed E-state index contributed by atoms with van der Waals surface area (Å²) >= 11 is 18.3. The highest BCUT2D eigenvalue weighted by molar-refractivity contribution is 6.68. The third-order valence-corrected chi connectivity index (χ3v) is 5.02. The summed E-state index contributed by atoms with van der Waals surface area (Å²) in [4.78, 5) is 23.9. The molecule has 1 aromatic carbocycles. The van der Waals surface area contributed by atoms with E-state index >= 15 is 0 Å². The van der Waals surface area contributed by atoms with Crippen LogP contribution in [-0.2, 0) is 16.0 Å². The van der Waals surface area contributed by atoms with Crippen LogP contribution in [0.3, 0.4) is 0 Å². The number of hydrogen-bond acceptors (Lipinski definition) is 3. The molecule has 0 heterocycles. The molecule has 8 heteroatoms. The predicted molar refractivity (Wildman–Crippen MR) is 104 cm³/mol. The number of alkyl carbamates (subject to hydrolysis) is 1. The summed E-state index contributed by atoms with van der Waals surface area (Å²) in [5.41, 5.74) is -0.545. The quantitative estimate of drug-likeness (QED) is 0.540. The molecule has 1 amide bonds. The molecule has 2 N–H and O–H groups in total. The average Bonchev–Trinajstić information content (AvgIpc) is 2.54. The Bertz CT molecular complexity index is 584. The largest absolute Gasteiger partial charge is 0.480 e. The number of carbonyl (C=O) groups excluding carboxylic acids is 1. The van der Waals surface area contributed by atoms with E-state index in [1.54, 1.807) is 24.3 Å². The second-order valence-electron chi connectivity index (χ2n) is 6.11. The van der Waals surface area contributed by atoms with E-state index in [-0.39, 0.29) is 6.42 Å². The Balaban J connectivity index is 2.91. The van der Waals surface area contributed by atoms with Gasteiger partial charge in [0.15, 0.2) is 5.60 Å². The monoisotopic (exact) mass is 423 g/mol. The van der Waals surface area contributed by atoms with Crippen LogP contribution < -0.4 is 5.32 Å². The van der Waals surface area contributed by atoms with Crippen LogP contribution in [0.1, 0.15) is 45.1 Å². The number of aliphatic carboxylic acids is 1. The summed E-state index contributed by atoms with van der Waals surface area (Å²) in [5.74, 6) is -1.17. The minimum atomic E-state index is -1.82. The SMILES string of the molecule is CCCC(CCC)(OC(=O)N[C@@H](Cc1ccccc1)C(=O)O)C(Cl)(Cl)Cl. The summed E-state index contributed by atoms with van der Waals surface area (Å²) in [6, 6.07) is 7.82. The minimum absolute atomic E-state index is 0.119. The first kappa shape index (κ1) is 22.9. The van der Waals surface area contributed by atoms with Crippen molar-refractivity contribution in [1.82, 2.24) is 5.32 Å². The molecule has 0 saturated carbocycles. The zero-order valence-corrected chi connectivity index (χ0v) is 17.1. The number of carbonyl (C=O) groups is 2. The standard InChI is InChI=1S/C18H24Cl3NO4/c1-3-10-17(11-4-2,18(19,20)21)26-16(25)22-14(15(23)24)12-13-8-6-5-7-9-13/h5-9,14H,3-4,10-12H2,1-2H3,(H,22,25)(H,23,24)/t14-/m0/s1. The van der Waals surface area contributed by atoms with Crippen molar-refractivity contribution >= 4 is 46.9 Å². The Hall–Kier alpha value is -1.17. The van der Waals surface area contributed by atoms with Gasteiger partial charge in [-0.3, -0.25) is 0 Å². The van der Waals surface area contributed by atoms with Crippen LogP contribution in [0.15, 0.2) is 30.3 Å². The highest BCUT2D eigenvalue weighted by atomic mass is 35.6. The van der Waals surface area contributed by atoms with E-state index in [0.717, 1.165) is 5.56 Å². The normalized spacial score (nSPS) is 13.1. The van der Waals surface area contributed by atoms with Crippen LogP contribution in [0.25, 0.3) is 0 Å². The Labute approximate surface area is 169 Å². The lowest BCUT2D eigenvalue weighted by Gasteiger charge is -2.39. The minimum Gasteiger partial charge on any atom is -0.480 e. The number of carboxylic acids is 1. The summed E-state index contributed by atoms with van der Waals surface area (Å²) in [6.45, 7) is 3.77. The van der Waals surface area contributed by atoms with Gasteiger partial charge in [0, 0.05) is 6.42 Å². The highest BCUT2D eigenvalue weighted by Crippen LogP contribution is 2.46. The van der Waals surface area contributed by atoms with Gasteiger partial charge in [0.05, 0.1) is 0 Å². The fourth-order valence-electron chi connectivity index (χ4n) is 2.78. The number of alkyl halides is 3. The van der Waals surface area contributed by atoms with Crippen molar-refractivity contribution in [2.24, 2.45) is 0 Å². The molecule has 0 aliphatic heterocycles. The molecule has 0 radical (unpaired) electrons. The van der Waals surface area contributed by atoms with Crippen molar-refractivity contribution in [2.45, 2.75) is 61.4 Å². The Morgan fingerprint density at radius 3 is 2.08 bits per heavy atom. The van der Waals surface area contributed by atoms with Gasteiger partial charge in [-0.25, -0.2) is 9.59 Å². The van der Waals surface area contributed by atoms with E-state index in [2.05, 4.69) is 5.32 Å². The van der Waals surface area contributed by atoms with E-state index in [1.165, 1.54) is 0 Å². The van der Waals surface area contributed by atoms with Crippen LogP contribution in [0.2, 0.25) is 0 Å². The van der Waals surface area contributed by atoms with Crippen LogP contribution in [0.5, 0.6) is 0 Å². The van der Waals surface area contributed by atoms with E-state index in [4.69, 9.17) is 39.5 Å². The number of ether oxygens (including phenoxy) is 1. The first-order valence-electron chi connectivity index (χ1n) is 8.48. The molecule has 0 fully saturated rings. The molecule has 0 bridgehead atoms. The van der Waals surface area contributed by atoms with Gasteiger partial charge in [-0.1, -0.05) is 91.8 Å². The van der Waals surface area contributed by atoms with Gasteiger partial charge in [0.1, 0.15) is 6.04 Å². The highest BCUT2D eigenvalue weighted by Gasteiger charge is 2.50. The van der Waals surface area contributed by atoms with Gasteiger partial charge < -0.3 is 15.2 Å². The summed E-state index contributed by atoms with van der Waals surface area (Å²) in [6.07, 6.45) is 1.17. The molecule has 1 atom stereocenters. The molecule has 0 unspecified atom stereocenters. The number of benzene rings is 1. The molecule has 26 heavy (non-hydrogen) atoms. The maximum absolute atomic E-state index is 12.4. The van der Waals surface area contributed by atoms with Crippen molar-refractivity contribution in [1.29, 1.82) is 0 Å². The number of carboxylic acid groups (broad SMARTS) is 1. The Kier molecular flexibility index (Phi) is 9.01. The molecule has 1 rings (SSSR count). The van der Waals surface area contributed by atoms with Gasteiger partial charge in [-0.15, -0.1) is 0 Å². The van der Waals surface area contributed by atoms with Crippen molar-refractivity contribution in [2.75, 3.05) is 0 Å². The Morgan fingerprint density at radius 1 is 1.12 bits per heavy atom. The molecule has 0 aliphatic rings. The molecule has 0 saturated heterocycles. The molecule has 5 nitrogen and oxygen atoms in total. The van der Waals surface area contributed by atoms with E-state index in [9.17, 15) is 14.7 Å². The average molecular weight is 425 g/mol. The van der Waals surface area contributed by atoms with Crippen molar-refractivity contribution < 1.29 is 19.4 Å². The number of amides is 1. The summed E-state index contributed by atoms with van der Waals surface area (Å²) in [5, 5.41) is 11.8. The van der Waals surface area contributed by atoms with Crippen LogP contribution >= 0.6 is 34.8 Å². The van der Waals surface area contributed by atoms with Gasteiger partial charge in [0.25, 0.3) is 0 Å². The summed E-state index contributed by atoms with van der Waals surface area (Å²) in [7, 11) is 0. The predicted octanol–water partition coefficient (Wildman–Crippen LogP) is 5.12. The second-order valence-corrected chi connectivity index (χ2v) is 8.39. The fourth-order valence-corrected chi connectivity index (χ4v) is 3.46. The smallest absolute Gasteiger partial charge is 0.408 e. The van der Waals surface area contributed by atoms with Crippen LogP contribution in [0.4, 0.5) is 4.79 Å². The van der Waals surface area contributed by atoms with Gasteiger partial charge >= 0.3 is 12.1 Å². The molecule has 0 aliphatic carbocycles. The lowest BCUT2D eigenvalue weighted by Crippen LogP contribution is -2.51. The van der Waals surface area contributed by atoms with Crippen molar-refractivity contribution in [3.05, 3.63) is 35.9 Å². The molecular formula is C18H24Cl3NO4. The molecule has 0 spiro atoms. The van der Waals surface area contributed by atoms with E-state index < -0.39 is 27.5 Å². The van der Waals surface area contributed by atoms with Crippen LogP contribution in [-0.4, -0.2) is 32.6 Å². The Morgan fingerprint density at radius 2 is 1.65 bits per heavy atom. The molecule has 146 valence electrons. The number of nitrogens with one attached hydrogen (secondary N) is 1. The molecule has 1 aromatic rings. The fraction of sp³-hybridized carbons (Fsp3) is 0.556.